The maximum atomic E-state index is 14.3. The van der Waals surface area contributed by atoms with Crippen molar-refractivity contribution in [2.45, 2.75) is 32.1 Å². The number of nitrogens with zero attached hydrogens (tertiary/aromatic N) is 4. The van der Waals surface area contributed by atoms with Gasteiger partial charge in [-0.3, -0.25) is 9.89 Å². The Morgan fingerprint density at radius 3 is 2.33 bits per heavy atom. The van der Waals surface area contributed by atoms with Gasteiger partial charge in [-0.2, -0.15) is 18.3 Å². The van der Waals surface area contributed by atoms with Crippen LogP contribution in [0.2, 0.25) is 0 Å². The maximum Gasteiger partial charge on any atom is 0.418 e. The minimum absolute atomic E-state index is 0.0710. The molecule has 40 heavy (non-hydrogen) atoms. The quantitative estimate of drug-likeness (QED) is 0.397. The van der Waals surface area contributed by atoms with Crippen molar-refractivity contribution in [1.29, 1.82) is 0 Å². The summed E-state index contributed by atoms with van der Waals surface area (Å²) in [5.41, 5.74) is -0.906. The molecule has 3 N–H and O–H groups in total. The van der Waals surface area contributed by atoms with E-state index in [-0.39, 0.29) is 12.4 Å². The van der Waals surface area contributed by atoms with E-state index in [4.69, 9.17) is 0 Å². The summed E-state index contributed by atoms with van der Waals surface area (Å²) in [6, 6.07) is 8.79. The van der Waals surface area contributed by atoms with Crippen molar-refractivity contribution in [2.75, 3.05) is 48.8 Å². The zero-order valence-corrected chi connectivity index (χ0v) is 22.2. The first-order chi connectivity index (χ1) is 18.9. The van der Waals surface area contributed by atoms with E-state index in [1.54, 1.807) is 26.0 Å². The van der Waals surface area contributed by atoms with E-state index in [2.05, 4.69) is 37.7 Å². The molecule has 2 aromatic carbocycles. The average molecular weight is 560 g/mol. The number of carbonyl (C=O) groups excluding carboxylic acids is 2. The van der Waals surface area contributed by atoms with Crippen LogP contribution in [0.4, 0.5) is 39.5 Å². The molecule has 0 unspecified atom stereocenters. The van der Waals surface area contributed by atoms with Crippen LogP contribution in [0.1, 0.15) is 41.0 Å². The number of amides is 3. The summed E-state index contributed by atoms with van der Waals surface area (Å²) in [5.74, 6) is -1.32. The smallest absolute Gasteiger partial charge is 0.369 e. The van der Waals surface area contributed by atoms with E-state index in [0.717, 1.165) is 44.0 Å². The second kappa shape index (κ2) is 10.1. The third kappa shape index (κ3) is 5.08. The molecule has 212 valence electrons. The lowest BCUT2D eigenvalue weighted by Gasteiger charge is -2.34. The van der Waals surface area contributed by atoms with Gasteiger partial charge >= 0.3 is 12.2 Å². The Bertz CT molecular complexity index is 1430. The molecule has 9 nitrogen and oxygen atoms in total. The van der Waals surface area contributed by atoms with Crippen LogP contribution in [-0.4, -0.2) is 65.2 Å². The summed E-state index contributed by atoms with van der Waals surface area (Å²) in [6.45, 7) is 6.97. The topological polar surface area (TPSA) is 96.6 Å². The standard InChI is InChI=1S/C27H29F4N7O2/c1-26(2)22-18(15-38(26)25(40)32-21-19(27(29,30)31)5-4-6-20(21)28)23(35-34-22)33-24(39)16-7-9-17(10-8-16)37-13-11-36(3)12-14-37/h4-10H,11-15H2,1-3H3,(H,32,40)(H2,33,34,35,39). The number of aromatic amines is 1. The van der Waals surface area contributed by atoms with Crippen LogP contribution in [0.25, 0.3) is 0 Å². The van der Waals surface area contributed by atoms with Gasteiger partial charge in [0.05, 0.1) is 29.0 Å². The molecule has 0 aliphatic carbocycles. The normalized spacial score (nSPS) is 17.1. The molecule has 13 heteroatoms. The monoisotopic (exact) mass is 559 g/mol. The van der Waals surface area contributed by atoms with E-state index >= 15 is 0 Å². The zero-order valence-electron chi connectivity index (χ0n) is 22.2. The lowest BCUT2D eigenvalue weighted by Crippen LogP contribution is -2.44. The van der Waals surface area contributed by atoms with Gasteiger partial charge in [0.1, 0.15) is 11.6 Å². The summed E-state index contributed by atoms with van der Waals surface area (Å²) in [4.78, 5) is 31.9. The summed E-state index contributed by atoms with van der Waals surface area (Å²) < 4.78 is 54.6. The van der Waals surface area contributed by atoms with Crippen LogP contribution < -0.4 is 15.5 Å². The lowest BCUT2D eigenvalue weighted by molar-refractivity contribution is -0.137. The molecular formula is C27H29F4N7O2. The van der Waals surface area contributed by atoms with Crippen LogP contribution in [-0.2, 0) is 18.3 Å². The summed E-state index contributed by atoms with van der Waals surface area (Å²) in [6.07, 6.45) is -4.86. The van der Waals surface area contributed by atoms with Crippen LogP contribution in [0.5, 0.6) is 0 Å². The molecule has 0 spiro atoms. The van der Waals surface area contributed by atoms with Crippen molar-refractivity contribution >= 4 is 29.1 Å². The van der Waals surface area contributed by atoms with E-state index in [1.165, 1.54) is 4.90 Å². The molecule has 3 heterocycles. The predicted octanol–water partition coefficient (Wildman–Crippen LogP) is 4.85. The highest BCUT2D eigenvalue weighted by Crippen LogP contribution is 2.42. The molecule has 5 rings (SSSR count). The number of para-hydroxylation sites is 1. The van der Waals surface area contributed by atoms with Gasteiger partial charge in [-0.1, -0.05) is 6.07 Å². The second-order valence-corrected chi connectivity index (χ2v) is 10.5. The number of hydrogen-bond donors (Lipinski definition) is 3. The Morgan fingerprint density at radius 1 is 1.00 bits per heavy atom. The number of H-pyrrole nitrogens is 1. The zero-order chi connectivity index (χ0) is 28.8. The molecule has 0 saturated carbocycles. The number of benzene rings is 2. The minimum Gasteiger partial charge on any atom is -0.369 e. The van der Waals surface area contributed by atoms with Crippen molar-refractivity contribution in [1.82, 2.24) is 20.0 Å². The average Bonchev–Trinajstić information content (AvgIpc) is 3.42. The SMILES string of the molecule is CN1CCN(c2ccc(C(=O)Nc3[nH]nc4c3CN(C(=O)Nc3c(F)cccc3C(F)(F)F)C4(C)C)cc2)CC1. The van der Waals surface area contributed by atoms with Crippen LogP contribution in [0.3, 0.4) is 0 Å². The highest BCUT2D eigenvalue weighted by atomic mass is 19.4. The van der Waals surface area contributed by atoms with Gasteiger partial charge in [0.15, 0.2) is 0 Å². The van der Waals surface area contributed by atoms with Gasteiger partial charge in [-0.15, -0.1) is 0 Å². The van der Waals surface area contributed by atoms with Crippen molar-refractivity contribution < 1.29 is 27.2 Å². The number of piperazine rings is 1. The number of fused-ring (bicyclic) bond motifs is 1. The number of hydrogen-bond acceptors (Lipinski definition) is 5. The highest BCUT2D eigenvalue weighted by Gasteiger charge is 2.45. The summed E-state index contributed by atoms with van der Waals surface area (Å²) in [5, 5.41) is 11.9. The summed E-state index contributed by atoms with van der Waals surface area (Å²) in [7, 11) is 2.08. The molecule has 0 bridgehead atoms. The fourth-order valence-corrected chi connectivity index (χ4v) is 5.07. The van der Waals surface area contributed by atoms with Crippen LogP contribution in [0.15, 0.2) is 42.5 Å². The van der Waals surface area contributed by atoms with E-state index in [9.17, 15) is 27.2 Å². The Hall–Kier alpha value is -4.13. The first-order valence-electron chi connectivity index (χ1n) is 12.7. The van der Waals surface area contributed by atoms with Crippen LogP contribution in [0, 0.1) is 5.82 Å². The number of anilines is 3. The van der Waals surface area contributed by atoms with E-state index in [0.29, 0.717) is 22.9 Å². The number of carbonyl (C=O) groups is 2. The number of halogens is 4. The lowest BCUT2D eigenvalue weighted by atomic mass is 10.0. The van der Waals surface area contributed by atoms with Crippen molar-refractivity contribution in [3.05, 3.63) is 70.7 Å². The van der Waals surface area contributed by atoms with Gasteiger partial charge in [-0.05, 0) is 57.3 Å². The number of nitrogens with one attached hydrogen (secondary N) is 3. The first kappa shape index (κ1) is 27.4. The molecule has 0 radical (unpaired) electrons. The van der Waals surface area contributed by atoms with E-state index in [1.807, 2.05) is 12.1 Å². The number of alkyl halides is 3. The molecule has 2 aliphatic heterocycles. The second-order valence-electron chi connectivity index (χ2n) is 10.5. The van der Waals surface area contributed by atoms with Gasteiger partial charge in [0.2, 0.25) is 0 Å². The van der Waals surface area contributed by atoms with Gasteiger partial charge < -0.3 is 25.3 Å². The van der Waals surface area contributed by atoms with Gasteiger partial charge in [-0.25, -0.2) is 9.18 Å². The van der Waals surface area contributed by atoms with Crippen molar-refractivity contribution in [3.8, 4) is 0 Å². The molecule has 3 amide bonds. The third-order valence-electron chi connectivity index (χ3n) is 7.47. The molecule has 0 atom stereocenters. The fourth-order valence-electron chi connectivity index (χ4n) is 5.07. The Morgan fingerprint density at radius 2 is 1.68 bits per heavy atom. The number of aromatic nitrogens is 2. The third-order valence-corrected chi connectivity index (χ3v) is 7.47. The minimum atomic E-state index is -4.86. The number of likely N-dealkylation sites (N-methyl/N-ethyl adjacent to an activating group) is 1. The van der Waals surface area contributed by atoms with Crippen molar-refractivity contribution in [2.24, 2.45) is 0 Å². The van der Waals surface area contributed by atoms with Crippen molar-refractivity contribution in [3.63, 3.8) is 0 Å². The fraction of sp³-hybridized carbons (Fsp3) is 0.370. The molecule has 1 aromatic heterocycles. The Kier molecular flexibility index (Phi) is 6.94. The number of rotatable bonds is 4. The Labute approximate surface area is 228 Å². The molecule has 1 saturated heterocycles. The van der Waals surface area contributed by atoms with Gasteiger partial charge in [0, 0.05) is 43.0 Å². The van der Waals surface area contributed by atoms with Crippen LogP contribution >= 0.6 is 0 Å². The summed E-state index contributed by atoms with van der Waals surface area (Å²) >= 11 is 0. The predicted molar refractivity (Wildman–Crippen MR) is 142 cm³/mol. The largest absolute Gasteiger partial charge is 0.418 e. The molecule has 1 fully saturated rings. The van der Waals surface area contributed by atoms with E-state index < -0.39 is 40.7 Å². The maximum absolute atomic E-state index is 14.3. The highest BCUT2D eigenvalue weighted by molar-refractivity contribution is 6.04. The van der Waals surface area contributed by atoms with Gasteiger partial charge in [0.25, 0.3) is 5.91 Å². The first-order valence-corrected chi connectivity index (χ1v) is 12.7. The number of urea groups is 1. The molecule has 2 aliphatic rings. The molecular weight excluding hydrogens is 530 g/mol. The molecule has 3 aromatic rings. The Balaban J connectivity index is 1.30.